The van der Waals surface area contributed by atoms with Crippen molar-refractivity contribution in [2.45, 2.75) is 19.8 Å². The van der Waals surface area contributed by atoms with Crippen LogP contribution >= 0.6 is 0 Å². The molecule has 0 aliphatic rings. The van der Waals surface area contributed by atoms with Crippen molar-refractivity contribution in [1.82, 2.24) is 15.0 Å². The molecule has 0 unspecified atom stereocenters. The average Bonchev–Trinajstić information content (AvgIpc) is 2.85. The summed E-state index contributed by atoms with van der Waals surface area (Å²) < 4.78 is 1.54. The minimum absolute atomic E-state index is 0.0801. The van der Waals surface area contributed by atoms with E-state index < -0.39 is 4.92 Å². The highest BCUT2D eigenvalue weighted by Gasteiger charge is 2.12. The number of hydrogen-bond acceptors (Lipinski definition) is 5. The zero-order valence-corrected chi connectivity index (χ0v) is 10.6. The molecule has 0 spiro atoms. The van der Waals surface area contributed by atoms with E-state index in [-0.39, 0.29) is 5.69 Å². The van der Waals surface area contributed by atoms with Gasteiger partial charge in [-0.3, -0.25) is 10.1 Å². The maximum absolute atomic E-state index is 10.9. The van der Waals surface area contributed by atoms with Crippen molar-refractivity contribution in [3.05, 3.63) is 45.8 Å². The summed E-state index contributed by atoms with van der Waals surface area (Å²) in [4.78, 5) is 10.5. The third-order valence-corrected chi connectivity index (χ3v) is 2.83. The minimum atomic E-state index is -0.398. The second kappa shape index (κ2) is 5.57. The van der Waals surface area contributed by atoms with Crippen LogP contribution in [0.15, 0.2) is 24.4 Å². The summed E-state index contributed by atoms with van der Waals surface area (Å²) in [6.07, 6.45) is 3.36. The maximum atomic E-state index is 10.9. The smallest absolute Gasteiger partial charge is 0.274 e. The predicted molar refractivity (Wildman–Crippen MR) is 70.1 cm³/mol. The number of aromatic nitrogens is 3. The largest absolute Gasteiger partial charge is 0.330 e. The van der Waals surface area contributed by atoms with Gasteiger partial charge in [0.15, 0.2) is 0 Å². The van der Waals surface area contributed by atoms with E-state index in [0.29, 0.717) is 17.8 Å². The van der Waals surface area contributed by atoms with Gasteiger partial charge in [0.2, 0.25) is 0 Å². The van der Waals surface area contributed by atoms with Gasteiger partial charge >= 0.3 is 0 Å². The third kappa shape index (κ3) is 2.94. The van der Waals surface area contributed by atoms with Crippen molar-refractivity contribution in [2.24, 2.45) is 5.73 Å². The van der Waals surface area contributed by atoms with E-state index in [1.54, 1.807) is 25.3 Å². The summed E-state index contributed by atoms with van der Waals surface area (Å²) >= 11 is 0. The summed E-state index contributed by atoms with van der Waals surface area (Å²) in [7, 11) is 0. The minimum Gasteiger partial charge on any atom is -0.330 e. The molecule has 0 amide bonds. The predicted octanol–water partition coefficient (Wildman–Crippen LogP) is 1.38. The first-order valence-electron chi connectivity index (χ1n) is 5.98. The van der Waals surface area contributed by atoms with E-state index in [4.69, 9.17) is 5.73 Å². The van der Waals surface area contributed by atoms with Crippen LogP contribution in [0, 0.1) is 17.0 Å². The lowest BCUT2D eigenvalue weighted by molar-refractivity contribution is -0.385. The topological polar surface area (TPSA) is 99.9 Å². The number of nitrogens with zero attached hydrogens (tertiary/aromatic N) is 4. The number of nitro benzene ring substituents is 1. The van der Waals surface area contributed by atoms with Crippen LogP contribution in [0.4, 0.5) is 5.69 Å². The quantitative estimate of drug-likeness (QED) is 0.647. The molecule has 2 N–H and O–H groups in total. The van der Waals surface area contributed by atoms with Crippen LogP contribution in [-0.2, 0) is 6.42 Å². The Hall–Kier alpha value is -2.28. The second-order valence-corrected chi connectivity index (χ2v) is 4.27. The van der Waals surface area contributed by atoms with E-state index in [0.717, 1.165) is 18.5 Å². The number of nitro groups is 1. The Morgan fingerprint density at radius 3 is 2.95 bits per heavy atom. The van der Waals surface area contributed by atoms with Crippen LogP contribution in [-0.4, -0.2) is 26.5 Å². The Bertz CT molecular complexity index is 594. The zero-order chi connectivity index (χ0) is 13.8. The standard InChI is InChI=1S/C12H15N5O2/c1-9-4-5-11(7-12(9)17(18)19)16-8-10(14-15-16)3-2-6-13/h4-5,7-8H,2-3,6,13H2,1H3. The first-order chi connectivity index (χ1) is 9.11. The molecule has 0 fully saturated rings. The molecular weight excluding hydrogens is 246 g/mol. The van der Waals surface area contributed by atoms with Crippen molar-refractivity contribution >= 4 is 5.69 Å². The molecule has 0 saturated carbocycles. The van der Waals surface area contributed by atoms with Crippen LogP contribution < -0.4 is 5.73 Å². The molecule has 2 aromatic rings. The number of nitrogens with two attached hydrogens (primary N) is 1. The highest BCUT2D eigenvalue weighted by molar-refractivity contribution is 5.48. The zero-order valence-electron chi connectivity index (χ0n) is 10.6. The second-order valence-electron chi connectivity index (χ2n) is 4.27. The Balaban J connectivity index is 2.29. The van der Waals surface area contributed by atoms with Crippen LogP contribution in [0.1, 0.15) is 17.7 Å². The molecule has 2 rings (SSSR count). The molecule has 0 radical (unpaired) electrons. The van der Waals surface area contributed by atoms with E-state index in [1.165, 1.54) is 10.7 Å². The van der Waals surface area contributed by atoms with Crippen molar-refractivity contribution in [3.63, 3.8) is 0 Å². The molecule has 0 atom stereocenters. The summed E-state index contributed by atoms with van der Waals surface area (Å²) in [6, 6.07) is 4.98. The van der Waals surface area contributed by atoms with Gasteiger partial charge in [-0.15, -0.1) is 5.10 Å². The molecular formula is C12H15N5O2. The highest BCUT2D eigenvalue weighted by atomic mass is 16.6. The van der Waals surface area contributed by atoms with Crippen molar-refractivity contribution in [1.29, 1.82) is 0 Å². The number of aryl methyl sites for hydroxylation is 2. The molecule has 1 aromatic carbocycles. The van der Waals surface area contributed by atoms with E-state index in [1.807, 2.05) is 0 Å². The van der Waals surface area contributed by atoms with Crippen LogP contribution in [0.5, 0.6) is 0 Å². The maximum Gasteiger partial charge on any atom is 0.274 e. The molecule has 19 heavy (non-hydrogen) atoms. The van der Waals surface area contributed by atoms with Crippen molar-refractivity contribution < 1.29 is 4.92 Å². The summed E-state index contributed by atoms with van der Waals surface area (Å²) in [6.45, 7) is 2.30. The Morgan fingerprint density at radius 2 is 2.26 bits per heavy atom. The monoisotopic (exact) mass is 261 g/mol. The number of benzene rings is 1. The summed E-state index contributed by atoms with van der Waals surface area (Å²) in [5.41, 5.74) is 7.59. The normalized spacial score (nSPS) is 10.6. The first-order valence-corrected chi connectivity index (χ1v) is 5.98. The number of hydrogen-bond donors (Lipinski definition) is 1. The molecule has 7 heteroatoms. The van der Waals surface area contributed by atoms with Gasteiger partial charge in [-0.25, -0.2) is 4.68 Å². The molecule has 1 heterocycles. The van der Waals surface area contributed by atoms with E-state index in [2.05, 4.69) is 10.3 Å². The molecule has 0 aliphatic carbocycles. The molecule has 0 saturated heterocycles. The fourth-order valence-corrected chi connectivity index (χ4v) is 1.76. The van der Waals surface area contributed by atoms with Gasteiger partial charge in [0.05, 0.1) is 22.5 Å². The fourth-order valence-electron chi connectivity index (χ4n) is 1.76. The Kier molecular flexibility index (Phi) is 3.86. The van der Waals surface area contributed by atoms with Gasteiger partial charge in [-0.2, -0.15) is 0 Å². The lowest BCUT2D eigenvalue weighted by atomic mass is 10.2. The third-order valence-electron chi connectivity index (χ3n) is 2.83. The van der Waals surface area contributed by atoms with Crippen LogP contribution in [0.2, 0.25) is 0 Å². The highest BCUT2D eigenvalue weighted by Crippen LogP contribution is 2.21. The van der Waals surface area contributed by atoms with E-state index in [9.17, 15) is 10.1 Å². The Labute approximate surface area is 110 Å². The molecule has 1 aromatic heterocycles. The van der Waals surface area contributed by atoms with Gasteiger partial charge in [0.1, 0.15) is 0 Å². The lowest BCUT2D eigenvalue weighted by Crippen LogP contribution is -2.00. The Morgan fingerprint density at radius 1 is 1.47 bits per heavy atom. The van der Waals surface area contributed by atoms with Gasteiger partial charge in [0, 0.05) is 11.6 Å². The lowest BCUT2D eigenvalue weighted by Gasteiger charge is -2.02. The number of rotatable bonds is 5. The van der Waals surface area contributed by atoms with Gasteiger partial charge in [0.25, 0.3) is 5.69 Å². The summed E-state index contributed by atoms with van der Waals surface area (Å²) in [5.74, 6) is 0. The molecule has 100 valence electrons. The molecule has 7 nitrogen and oxygen atoms in total. The summed E-state index contributed by atoms with van der Waals surface area (Å²) in [5, 5.41) is 18.9. The van der Waals surface area contributed by atoms with Gasteiger partial charge < -0.3 is 5.73 Å². The van der Waals surface area contributed by atoms with Gasteiger partial charge in [-0.05, 0) is 32.4 Å². The van der Waals surface area contributed by atoms with Crippen molar-refractivity contribution in [3.8, 4) is 5.69 Å². The van der Waals surface area contributed by atoms with Crippen LogP contribution in [0.25, 0.3) is 5.69 Å². The van der Waals surface area contributed by atoms with Crippen LogP contribution in [0.3, 0.4) is 0 Å². The molecule has 0 aliphatic heterocycles. The van der Waals surface area contributed by atoms with Crippen molar-refractivity contribution in [2.75, 3.05) is 6.54 Å². The fraction of sp³-hybridized carbons (Fsp3) is 0.333. The van der Waals surface area contributed by atoms with E-state index >= 15 is 0 Å². The van der Waals surface area contributed by atoms with Gasteiger partial charge in [-0.1, -0.05) is 11.3 Å². The molecule has 0 bridgehead atoms. The first kappa shape index (κ1) is 13.2. The average molecular weight is 261 g/mol. The SMILES string of the molecule is Cc1ccc(-n2cc(CCCN)nn2)cc1[N+](=O)[O-].